The molecule has 0 aliphatic rings. The molecule has 1 heterocycles. The number of rotatable bonds is 4. The van der Waals surface area contributed by atoms with Crippen LogP contribution in [0.5, 0.6) is 0 Å². The molecule has 0 aliphatic carbocycles. The Hall–Kier alpha value is -2.59. The van der Waals surface area contributed by atoms with Gasteiger partial charge in [-0.25, -0.2) is 0 Å². The monoisotopic (exact) mass is 280 g/mol. The summed E-state index contributed by atoms with van der Waals surface area (Å²) in [4.78, 5) is 14.6. The summed E-state index contributed by atoms with van der Waals surface area (Å²) in [6, 6.07) is 17.2. The quantitative estimate of drug-likeness (QED) is 0.688. The van der Waals surface area contributed by atoms with E-state index in [9.17, 15) is 9.90 Å². The predicted molar refractivity (Wildman–Crippen MR) is 82.0 cm³/mol. The second-order valence-electron chi connectivity index (χ2n) is 4.92. The zero-order valence-electron chi connectivity index (χ0n) is 11.4. The molecule has 0 aliphatic heterocycles. The summed E-state index contributed by atoms with van der Waals surface area (Å²) in [6.45, 7) is 0.177. The molecule has 4 heteroatoms. The van der Waals surface area contributed by atoms with Gasteiger partial charge < -0.3 is 15.4 Å². The van der Waals surface area contributed by atoms with Crippen LogP contribution in [-0.4, -0.2) is 22.5 Å². The van der Waals surface area contributed by atoms with E-state index in [1.807, 2.05) is 42.5 Å². The maximum Gasteiger partial charge on any atom is 0.267 e. The molecule has 3 aromatic rings. The molecule has 0 bridgehead atoms. The van der Waals surface area contributed by atoms with Gasteiger partial charge in [0.25, 0.3) is 5.91 Å². The molecule has 21 heavy (non-hydrogen) atoms. The molecule has 0 radical (unpaired) electrons. The normalized spacial score (nSPS) is 12.2. The fourth-order valence-corrected chi connectivity index (χ4v) is 2.29. The number of carbonyl (C=O) groups excluding carboxylic acids is 1. The molecular formula is C17H16N2O2. The van der Waals surface area contributed by atoms with Crippen molar-refractivity contribution in [2.24, 2.45) is 0 Å². The average molecular weight is 280 g/mol. The van der Waals surface area contributed by atoms with Crippen molar-refractivity contribution in [3.05, 3.63) is 72.1 Å². The first-order chi connectivity index (χ1) is 10.2. The molecule has 0 spiro atoms. The van der Waals surface area contributed by atoms with Crippen LogP contribution in [0.1, 0.15) is 22.2 Å². The first-order valence-electron chi connectivity index (χ1n) is 6.82. The number of amides is 1. The average Bonchev–Trinajstić information content (AvgIpc) is 3.06. The van der Waals surface area contributed by atoms with Crippen LogP contribution in [0.2, 0.25) is 0 Å². The standard InChI is InChI=1S/C17H16N2O2/c20-16(11-19-17(21)15-6-3-9-18-15)14-8-7-12-4-1-2-5-13(12)10-14/h1-10,16,18,20H,11H2,(H,19,21). The third kappa shape index (κ3) is 2.95. The van der Waals surface area contributed by atoms with E-state index in [1.165, 1.54) is 0 Å². The Morgan fingerprint density at radius 3 is 2.67 bits per heavy atom. The highest BCUT2D eigenvalue weighted by Gasteiger charge is 2.11. The zero-order valence-corrected chi connectivity index (χ0v) is 11.4. The number of H-pyrrole nitrogens is 1. The molecule has 1 unspecified atom stereocenters. The number of aromatic nitrogens is 1. The molecule has 3 N–H and O–H groups in total. The van der Waals surface area contributed by atoms with Gasteiger partial charge >= 0.3 is 0 Å². The number of carbonyl (C=O) groups is 1. The highest BCUT2D eigenvalue weighted by Crippen LogP contribution is 2.20. The van der Waals surface area contributed by atoms with Crippen LogP contribution in [0, 0.1) is 0 Å². The maximum atomic E-state index is 11.8. The van der Waals surface area contributed by atoms with Gasteiger partial charge in [0.15, 0.2) is 0 Å². The van der Waals surface area contributed by atoms with E-state index in [0.29, 0.717) is 5.69 Å². The number of nitrogens with one attached hydrogen (secondary N) is 2. The number of fused-ring (bicyclic) bond motifs is 1. The van der Waals surface area contributed by atoms with E-state index < -0.39 is 6.10 Å². The van der Waals surface area contributed by atoms with E-state index in [1.54, 1.807) is 18.3 Å². The van der Waals surface area contributed by atoms with Gasteiger partial charge in [0.05, 0.1) is 6.10 Å². The van der Waals surface area contributed by atoms with Crippen LogP contribution < -0.4 is 5.32 Å². The number of hydrogen-bond donors (Lipinski definition) is 3. The first-order valence-corrected chi connectivity index (χ1v) is 6.82. The van der Waals surface area contributed by atoms with Gasteiger partial charge in [-0.15, -0.1) is 0 Å². The van der Waals surface area contributed by atoms with E-state index in [0.717, 1.165) is 16.3 Å². The van der Waals surface area contributed by atoms with Gasteiger partial charge in [0.1, 0.15) is 5.69 Å². The third-order valence-corrected chi connectivity index (χ3v) is 3.46. The van der Waals surface area contributed by atoms with Crippen LogP contribution >= 0.6 is 0 Å². The van der Waals surface area contributed by atoms with Crippen molar-refractivity contribution < 1.29 is 9.90 Å². The maximum absolute atomic E-state index is 11.8. The van der Waals surface area contributed by atoms with Gasteiger partial charge in [0, 0.05) is 12.7 Å². The summed E-state index contributed by atoms with van der Waals surface area (Å²) in [7, 11) is 0. The van der Waals surface area contributed by atoms with Crippen molar-refractivity contribution in [2.45, 2.75) is 6.10 Å². The molecule has 0 saturated heterocycles. The van der Waals surface area contributed by atoms with Crippen molar-refractivity contribution >= 4 is 16.7 Å². The van der Waals surface area contributed by atoms with Crippen molar-refractivity contribution in [2.75, 3.05) is 6.54 Å². The Labute approximate surface area is 122 Å². The largest absolute Gasteiger partial charge is 0.387 e. The van der Waals surface area contributed by atoms with Crippen molar-refractivity contribution in [1.82, 2.24) is 10.3 Å². The summed E-state index contributed by atoms with van der Waals surface area (Å²) >= 11 is 0. The topological polar surface area (TPSA) is 65.1 Å². The molecule has 4 nitrogen and oxygen atoms in total. The number of hydrogen-bond acceptors (Lipinski definition) is 2. The summed E-state index contributed by atoms with van der Waals surface area (Å²) in [5, 5.41) is 15.1. The smallest absolute Gasteiger partial charge is 0.267 e. The van der Waals surface area contributed by atoms with Crippen molar-refractivity contribution in [1.29, 1.82) is 0 Å². The number of aliphatic hydroxyl groups excluding tert-OH is 1. The minimum atomic E-state index is -0.728. The second kappa shape index (κ2) is 5.81. The lowest BCUT2D eigenvalue weighted by molar-refractivity contribution is 0.0912. The number of benzene rings is 2. The van der Waals surface area contributed by atoms with Crippen LogP contribution in [-0.2, 0) is 0 Å². The fraction of sp³-hybridized carbons (Fsp3) is 0.118. The van der Waals surface area contributed by atoms with Gasteiger partial charge in [-0.05, 0) is 34.5 Å². The van der Waals surface area contributed by atoms with Gasteiger partial charge in [-0.1, -0.05) is 36.4 Å². The first kappa shape index (κ1) is 13.4. The van der Waals surface area contributed by atoms with E-state index in [2.05, 4.69) is 10.3 Å². The Morgan fingerprint density at radius 2 is 1.90 bits per heavy atom. The Morgan fingerprint density at radius 1 is 1.10 bits per heavy atom. The number of aliphatic hydroxyl groups is 1. The van der Waals surface area contributed by atoms with Gasteiger partial charge in [0.2, 0.25) is 0 Å². The zero-order chi connectivity index (χ0) is 14.7. The highest BCUT2D eigenvalue weighted by molar-refractivity contribution is 5.92. The minimum Gasteiger partial charge on any atom is -0.387 e. The molecule has 1 amide bonds. The molecule has 3 rings (SSSR count). The Bertz CT molecular complexity index is 750. The molecule has 1 atom stereocenters. The minimum absolute atomic E-state index is 0.177. The lowest BCUT2D eigenvalue weighted by Gasteiger charge is -2.12. The van der Waals surface area contributed by atoms with Gasteiger partial charge in [-0.2, -0.15) is 0 Å². The molecule has 0 fully saturated rings. The predicted octanol–water partition coefficient (Wildman–Crippen LogP) is 2.63. The molecule has 0 saturated carbocycles. The van der Waals surface area contributed by atoms with Gasteiger partial charge in [-0.3, -0.25) is 4.79 Å². The summed E-state index contributed by atoms with van der Waals surface area (Å²) in [5.41, 5.74) is 1.28. The SMILES string of the molecule is O=C(NCC(O)c1ccc2ccccc2c1)c1ccc[nH]1. The molecule has 106 valence electrons. The summed E-state index contributed by atoms with van der Waals surface area (Å²) < 4.78 is 0. The highest BCUT2D eigenvalue weighted by atomic mass is 16.3. The van der Waals surface area contributed by atoms with Crippen LogP contribution in [0.15, 0.2) is 60.8 Å². The lowest BCUT2D eigenvalue weighted by atomic mass is 10.0. The Balaban J connectivity index is 1.69. The number of aromatic amines is 1. The third-order valence-electron chi connectivity index (χ3n) is 3.46. The molecular weight excluding hydrogens is 264 g/mol. The molecule has 1 aromatic heterocycles. The van der Waals surface area contributed by atoms with Crippen molar-refractivity contribution in [3.63, 3.8) is 0 Å². The fourth-order valence-electron chi connectivity index (χ4n) is 2.29. The van der Waals surface area contributed by atoms with E-state index >= 15 is 0 Å². The lowest BCUT2D eigenvalue weighted by Crippen LogP contribution is -2.28. The van der Waals surface area contributed by atoms with E-state index in [4.69, 9.17) is 0 Å². The van der Waals surface area contributed by atoms with Crippen LogP contribution in [0.4, 0.5) is 0 Å². The summed E-state index contributed by atoms with van der Waals surface area (Å²) in [5.74, 6) is -0.222. The summed E-state index contributed by atoms with van der Waals surface area (Å²) in [6.07, 6.45) is 0.961. The van der Waals surface area contributed by atoms with E-state index in [-0.39, 0.29) is 12.5 Å². The second-order valence-corrected chi connectivity index (χ2v) is 4.92. The van der Waals surface area contributed by atoms with Crippen LogP contribution in [0.3, 0.4) is 0 Å². The van der Waals surface area contributed by atoms with Crippen molar-refractivity contribution in [3.8, 4) is 0 Å². The van der Waals surface area contributed by atoms with Crippen LogP contribution in [0.25, 0.3) is 10.8 Å². The molecule has 2 aromatic carbocycles. The Kier molecular flexibility index (Phi) is 3.71.